The van der Waals surface area contributed by atoms with Gasteiger partial charge in [0.25, 0.3) is 0 Å². The molecule has 0 fully saturated rings. The highest BCUT2D eigenvalue weighted by molar-refractivity contribution is 5.68. The van der Waals surface area contributed by atoms with Crippen LogP contribution in [0.2, 0.25) is 0 Å². The number of nitrogens with two attached hydrogens (primary N) is 1. The Morgan fingerprint density at radius 2 is 2.21 bits per heavy atom. The second-order valence-electron chi connectivity index (χ2n) is 2.91. The van der Waals surface area contributed by atoms with E-state index in [4.69, 9.17) is 10.6 Å². The third kappa shape index (κ3) is 2.65. The third-order valence-electron chi connectivity index (χ3n) is 1.76. The van der Waals surface area contributed by atoms with Crippen LogP contribution in [0.1, 0.15) is 18.9 Å². The number of hydrogen-bond acceptors (Lipinski definition) is 4. The Kier molecular flexibility index (Phi) is 3.34. The Labute approximate surface area is 82.5 Å². The number of aryl methyl sites for hydroxylation is 1. The van der Waals surface area contributed by atoms with Gasteiger partial charge in [0.2, 0.25) is 0 Å². The molecule has 0 unspecified atom stereocenters. The monoisotopic (exact) mass is 195 g/mol. The lowest BCUT2D eigenvalue weighted by atomic mass is 10.2. The van der Waals surface area contributed by atoms with Crippen LogP contribution in [0.5, 0.6) is 5.75 Å². The molecule has 0 heterocycles. The highest BCUT2D eigenvalue weighted by atomic mass is 17.2. The molecule has 1 aromatic carbocycles. The van der Waals surface area contributed by atoms with Gasteiger partial charge in [-0.3, -0.25) is 9.78 Å². The predicted octanol–water partition coefficient (Wildman–Crippen LogP) is 1.82. The minimum Gasteiger partial charge on any atom is -0.399 e. The van der Waals surface area contributed by atoms with Crippen LogP contribution in [0.4, 0.5) is 5.69 Å². The van der Waals surface area contributed by atoms with E-state index in [2.05, 4.69) is 4.89 Å². The van der Waals surface area contributed by atoms with E-state index in [9.17, 15) is 4.79 Å². The second kappa shape index (κ2) is 4.50. The lowest BCUT2D eigenvalue weighted by Gasteiger charge is -2.05. The minimum absolute atomic E-state index is 0.286. The average Bonchev–Trinajstić information content (AvgIpc) is 2.19. The number of anilines is 1. The van der Waals surface area contributed by atoms with Gasteiger partial charge in [0, 0.05) is 12.1 Å². The second-order valence-corrected chi connectivity index (χ2v) is 2.91. The van der Waals surface area contributed by atoms with Gasteiger partial charge in [-0.1, -0.05) is 6.92 Å². The standard InChI is InChI=1S/C10H13NO3/c1-3-10(12)14-13-8-4-5-9(11)7(2)6-8/h4-6H,3,11H2,1-2H3. The predicted molar refractivity (Wildman–Crippen MR) is 52.6 cm³/mol. The topological polar surface area (TPSA) is 61.5 Å². The van der Waals surface area contributed by atoms with Gasteiger partial charge in [-0.05, 0) is 30.7 Å². The summed E-state index contributed by atoms with van der Waals surface area (Å²) in [4.78, 5) is 20.0. The molecule has 0 radical (unpaired) electrons. The minimum atomic E-state index is -0.403. The van der Waals surface area contributed by atoms with Crippen molar-refractivity contribution >= 4 is 11.7 Å². The maximum atomic E-state index is 10.8. The molecule has 4 heteroatoms. The van der Waals surface area contributed by atoms with Crippen molar-refractivity contribution < 1.29 is 14.6 Å². The summed E-state index contributed by atoms with van der Waals surface area (Å²) in [5.74, 6) is 0.0676. The van der Waals surface area contributed by atoms with E-state index in [0.717, 1.165) is 5.56 Å². The maximum absolute atomic E-state index is 10.8. The molecular formula is C10H13NO3. The molecule has 0 aromatic heterocycles. The fraction of sp³-hybridized carbons (Fsp3) is 0.300. The van der Waals surface area contributed by atoms with E-state index >= 15 is 0 Å². The number of nitrogen functional groups attached to an aromatic ring is 1. The molecule has 0 aliphatic heterocycles. The molecule has 0 saturated heterocycles. The zero-order valence-corrected chi connectivity index (χ0v) is 8.24. The van der Waals surface area contributed by atoms with Gasteiger partial charge in [-0.2, -0.15) is 0 Å². The normalized spacial score (nSPS) is 9.57. The molecule has 0 aliphatic rings. The number of hydrogen-bond donors (Lipinski definition) is 1. The summed E-state index contributed by atoms with van der Waals surface area (Å²) >= 11 is 0. The summed E-state index contributed by atoms with van der Waals surface area (Å²) in [6.07, 6.45) is 0.286. The van der Waals surface area contributed by atoms with Gasteiger partial charge < -0.3 is 5.73 Å². The average molecular weight is 195 g/mol. The Hall–Kier alpha value is -1.71. The van der Waals surface area contributed by atoms with E-state index < -0.39 is 5.97 Å². The van der Waals surface area contributed by atoms with Gasteiger partial charge in [0.15, 0.2) is 5.75 Å². The summed E-state index contributed by atoms with van der Waals surface area (Å²) in [5.41, 5.74) is 7.17. The fourth-order valence-corrected chi connectivity index (χ4v) is 0.854. The summed E-state index contributed by atoms with van der Waals surface area (Å²) < 4.78 is 0. The Morgan fingerprint density at radius 1 is 1.50 bits per heavy atom. The molecule has 76 valence electrons. The van der Waals surface area contributed by atoms with Gasteiger partial charge in [-0.15, -0.1) is 0 Å². The first kappa shape index (κ1) is 10.4. The van der Waals surface area contributed by atoms with Crippen molar-refractivity contribution in [3.63, 3.8) is 0 Å². The smallest absolute Gasteiger partial charge is 0.355 e. The summed E-state index contributed by atoms with van der Waals surface area (Å²) in [6.45, 7) is 3.55. The van der Waals surface area contributed by atoms with E-state index in [1.165, 1.54) is 0 Å². The lowest BCUT2D eigenvalue weighted by molar-refractivity contribution is -0.213. The Bertz CT molecular complexity index is 336. The summed E-state index contributed by atoms with van der Waals surface area (Å²) in [5, 5.41) is 0. The van der Waals surface area contributed by atoms with Crippen molar-refractivity contribution in [3.8, 4) is 5.75 Å². The zero-order valence-electron chi connectivity index (χ0n) is 8.24. The number of rotatable bonds is 3. The number of carbonyl (C=O) groups excluding carboxylic acids is 1. The molecule has 1 aromatic rings. The molecule has 0 amide bonds. The van der Waals surface area contributed by atoms with Gasteiger partial charge in [-0.25, -0.2) is 4.79 Å². The number of benzene rings is 1. The fourth-order valence-electron chi connectivity index (χ4n) is 0.854. The molecule has 0 atom stereocenters. The van der Waals surface area contributed by atoms with Crippen LogP contribution in [0.25, 0.3) is 0 Å². The van der Waals surface area contributed by atoms with Gasteiger partial charge in [0.05, 0.1) is 0 Å². The zero-order chi connectivity index (χ0) is 10.6. The van der Waals surface area contributed by atoms with Crippen molar-refractivity contribution in [3.05, 3.63) is 23.8 Å². The first-order chi connectivity index (χ1) is 6.63. The lowest BCUT2D eigenvalue weighted by Crippen LogP contribution is -2.06. The van der Waals surface area contributed by atoms with Gasteiger partial charge in [0.1, 0.15) is 0 Å². The largest absolute Gasteiger partial charge is 0.399 e. The van der Waals surface area contributed by atoms with E-state index in [1.54, 1.807) is 25.1 Å². The first-order valence-electron chi connectivity index (χ1n) is 4.37. The Morgan fingerprint density at radius 3 is 2.79 bits per heavy atom. The van der Waals surface area contributed by atoms with E-state index in [1.807, 2.05) is 6.92 Å². The number of carbonyl (C=O) groups is 1. The van der Waals surface area contributed by atoms with Crippen molar-refractivity contribution in [2.75, 3.05) is 5.73 Å². The quantitative estimate of drug-likeness (QED) is 0.454. The van der Waals surface area contributed by atoms with Crippen LogP contribution in [0.15, 0.2) is 18.2 Å². The van der Waals surface area contributed by atoms with Crippen LogP contribution in [0.3, 0.4) is 0 Å². The van der Waals surface area contributed by atoms with Crippen molar-refractivity contribution in [2.45, 2.75) is 20.3 Å². The van der Waals surface area contributed by atoms with Crippen molar-refractivity contribution in [1.82, 2.24) is 0 Å². The Balaban J connectivity index is 2.60. The SMILES string of the molecule is CCC(=O)OOc1ccc(N)c(C)c1. The molecule has 0 bridgehead atoms. The van der Waals surface area contributed by atoms with E-state index in [0.29, 0.717) is 11.4 Å². The maximum Gasteiger partial charge on any atom is 0.355 e. The highest BCUT2D eigenvalue weighted by Crippen LogP contribution is 2.18. The molecular weight excluding hydrogens is 182 g/mol. The first-order valence-corrected chi connectivity index (χ1v) is 4.37. The highest BCUT2D eigenvalue weighted by Gasteiger charge is 2.02. The third-order valence-corrected chi connectivity index (χ3v) is 1.76. The van der Waals surface area contributed by atoms with E-state index in [-0.39, 0.29) is 6.42 Å². The molecule has 1 rings (SSSR count). The molecule has 0 spiro atoms. The van der Waals surface area contributed by atoms with Crippen molar-refractivity contribution in [2.24, 2.45) is 0 Å². The van der Waals surface area contributed by atoms with Crippen LogP contribution in [-0.4, -0.2) is 5.97 Å². The summed E-state index contributed by atoms with van der Waals surface area (Å²) in [6, 6.07) is 5.05. The van der Waals surface area contributed by atoms with Crippen LogP contribution in [0, 0.1) is 6.92 Å². The van der Waals surface area contributed by atoms with Crippen LogP contribution < -0.4 is 10.6 Å². The van der Waals surface area contributed by atoms with Crippen LogP contribution >= 0.6 is 0 Å². The summed E-state index contributed by atoms with van der Waals surface area (Å²) in [7, 11) is 0. The molecule has 0 saturated carbocycles. The van der Waals surface area contributed by atoms with Crippen molar-refractivity contribution in [1.29, 1.82) is 0 Å². The molecule has 0 aliphatic carbocycles. The molecule has 2 N–H and O–H groups in total. The van der Waals surface area contributed by atoms with Gasteiger partial charge >= 0.3 is 5.97 Å². The molecule has 4 nitrogen and oxygen atoms in total. The van der Waals surface area contributed by atoms with Crippen LogP contribution in [-0.2, 0) is 9.68 Å². The molecule has 14 heavy (non-hydrogen) atoms.